The number of hydrogen-bond acceptors (Lipinski definition) is 6. The molecule has 0 amide bonds. The van der Waals surface area contributed by atoms with Crippen LogP contribution in [0.4, 0.5) is 11.4 Å². The van der Waals surface area contributed by atoms with E-state index in [0.29, 0.717) is 39.4 Å². The predicted molar refractivity (Wildman–Crippen MR) is 136 cm³/mol. The molecule has 7 nitrogen and oxygen atoms in total. The lowest BCUT2D eigenvalue weighted by molar-refractivity contribution is -0.383. The number of hydrogen-bond donors (Lipinski definition) is 1. The van der Waals surface area contributed by atoms with Crippen molar-refractivity contribution in [3.63, 3.8) is 0 Å². The van der Waals surface area contributed by atoms with Crippen molar-refractivity contribution < 1.29 is 19.2 Å². The van der Waals surface area contributed by atoms with Gasteiger partial charge in [-0.15, -0.1) is 0 Å². The first-order valence-corrected chi connectivity index (χ1v) is 10.9. The van der Waals surface area contributed by atoms with E-state index in [1.54, 1.807) is 75.9 Å². The molecule has 0 fully saturated rings. The molecule has 1 N–H and O–H groups in total. The normalized spacial score (nSPS) is 10.5. The number of ether oxygens (including phenoxy) is 2. The molecule has 4 aromatic rings. The number of rotatable bonds is 8. The minimum atomic E-state index is -0.424. The van der Waals surface area contributed by atoms with Gasteiger partial charge in [0.1, 0.15) is 11.5 Å². The molecule has 4 aromatic carbocycles. The quantitative estimate of drug-likeness (QED) is 0.188. The fourth-order valence-electron chi connectivity index (χ4n) is 4.06. The first-order valence-electron chi connectivity index (χ1n) is 10.9. The third kappa shape index (κ3) is 4.56. The Balaban J connectivity index is 2.07. The second-order valence-corrected chi connectivity index (χ2v) is 7.73. The van der Waals surface area contributed by atoms with E-state index in [1.165, 1.54) is 0 Å². The Morgan fingerprint density at radius 2 is 1.40 bits per heavy atom. The van der Waals surface area contributed by atoms with Crippen LogP contribution in [0.1, 0.15) is 15.9 Å². The van der Waals surface area contributed by atoms with Crippen molar-refractivity contribution in [3.05, 3.63) is 106 Å². The van der Waals surface area contributed by atoms with Crippen LogP contribution >= 0.6 is 0 Å². The summed E-state index contributed by atoms with van der Waals surface area (Å²) < 4.78 is 10.5. The molecular weight excluding hydrogens is 444 g/mol. The third-order valence-corrected chi connectivity index (χ3v) is 5.79. The summed E-state index contributed by atoms with van der Waals surface area (Å²) in [6.45, 7) is 0. The number of anilines is 1. The summed E-state index contributed by atoms with van der Waals surface area (Å²) >= 11 is 0. The van der Waals surface area contributed by atoms with Crippen LogP contribution in [-0.4, -0.2) is 32.0 Å². The molecule has 0 atom stereocenters. The van der Waals surface area contributed by atoms with Crippen LogP contribution in [0.15, 0.2) is 84.9 Å². The Bertz CT molecular complexity index is 1370. The molecule has 0 aliphatic rings. The summed E-state index contributed by atoms with van der Waals surface area (Å²) in [6, 6.07) is 24.3. The monoisotopic (exact) mass is 468 g/mol. The Morgan fingerprint density at radius 3 is 1.91 bits per heavy atom. The number of nitrogens with one attached hydrogen (secondary N) is 1. The van der Waals surface area contributed by atoms with Crippen LogP contribution < -0.4 is 14.8 Å². The SMILES string of the molecule is CNc1cc(-c2ccccc2)c([N+](=O)[O-])c(-c2ccc(OC)cc2)c1C(=O)c1ccc(OC)cc1. The van der Waals surface area contributed by atoms with Crippen LogP contribution in [0.5, 0.6) is 11.5 Å². The first kappa shape index (κ1) is 23.5. The number of carbonyl (C=O) groups is 1. The Kier molecular flexibility index (Phi) is 6.78. The van der Waals surface area contributed by atoms with Crippen LogP contribution in [0.25, 0.3) is 22.3 Å². The topological polar surface area (TPSA) is 90.7 Å². The summed E-state index contributed by atoms with van der Waals surface area (Å²) in [4.78, 5) is 26.0. The van der Waals surface area contributed by atoms with Crippen molar-refractivity contribution in [1.29, 1.82) is 0 Å². The van der Waals surface area contributed by atoms with Gasteiger partial charge in [0.2, 0.25) is 0 Å². The summed E-state index contributed by atoms with van der Waals surface area (Å²) in [5, 5.41) is 15.6. The van der Waals surface area contributed by atoms with Crippen LogP contribution in [-0.2, 0) is 0 Å². The number of nitrogens with zero attached hydrogens (tertiary/aromatic N) is 1. The third-order valence-electron chi connectivity index (χ3n) is 5.79. The fourth-order valence-corrected chi connectivity index (χ4v) is 4.06. The molecular formula is C28H24N2O5. The standard InChI is InChI=1S/C28H24N2O5/c1-29-24-17-23(18-7-5-4-6-8-18)27(30(32)33)25(19-9-13-21(34-2)14-10-19)26(24)28(31)20-11-15-22(35-3)16-12-20/h4-17,29H,1-3H3. The molecule has 176 valence electrons. The minimum absolute atomic E-state index is 0.141. The second kappa shape index (κ2) is 10.1. The lowest BCUT2D eigenvalue weighted by Gasteiger charge is -2.18. The number of carbonyl (C=O) groups excluding carboxylic acids is 1. The molecule has 4 rings (SSSR count). The Labute approximate surface area is 203 Å². The van der Waals surface area contributed by atoms with E-state index in [-0.39, 0.29) is 22.6 Å². The number of nitro groups is 1. The number of nitro benzene ring substituents is 1. The van der Waals surface area contributed by atoms with E-state index >= 15 is 0 Å². The van der Waals surface area contributed by atoms with Gasteiger partial charge in [0, 0.05) is 18.3 Å². The summed E-state index contributed by atoms with van der Waals surface area (Å²) in [7, 11) is 4.78. The van der Waals surface area contributed by atoms with Gasteiger partial charge < -0.3 is 14.8 Å². The van der Waals surface area contributed by atoms with Crippen molar-refractivity contribution in [2.45, 2.75) is 0 Å². The van der Waals surface area contributed by atoms with Gasteiger partial charge in [0.05, 0.1) is 35.8 Å². The number of methoxy groups -OCH3 is 2. The largest absolute Gasteiger partial charge is 0.497 e. The fraction of sp³-hybridized carbons (Fsp3) is 0.107. The highest BCUT2D eigenvalue weighted by molar-refractivity contribution is 6.18. The molecule has 0 spiro atoms. The Morgan fingerprint density at radius 1 is 0.829 bits per heavy atom. The maximum absolute atomic E-state index is 13.8. The molecule has 0 aliphatic carbocycles. The summed E-state index contributed by atoms with van der Waals surface area (Å²) in [5.41, 5.74) is 2.81. The van der Waals surface area contributed by atoms with Crippen molar-refractivity contribution in [2.75, 3.05) is 26.6 Å². The molecule has 7 heteroatoms. The molecule has 0 bridgehead atoms. The van der Waals surface area contributed by atoms with Crippen molar-refractivity contribution in [2.24, 2.45) is 0 Å². The second-order valence-electron chi connectivity index (χ2n) is 7.73. The van der Waals surface area contributed by atoms with Gasteiger partial charge >= 0.3 is 0 Å². The molecule has 0 aromatic heterocycles. The minimum Gasteiger partial charge on any atom is -0.497 e. The molecule has 0 aliphatic heterocycles. The number of ketones is 1. The van der Waals surface area contributed by atoms with Gasteiger partial charge in [0.15, 0.2) is 5.78 Å². The zero-order valence-electron chi connectivity index (χ0n) is 19.6. The lowest BCUT2D eigenvalue weighted by atomic mass is 9.87. The van der Waals surface area contributed by atoms with E-state index in [0.717, 1.165) is 0 Å². The van der Waals surface area contributed by atoms with Crippen LogP contribution in [0.3, 0.4) is 0 Å². The molecule has 0 radical (unpaired) electrons. The average Bonchev–Trinajstić information content (AvgIpc) is 2.92. The molecule has 0 saturated carbocycles. The Hall–Kier alpha value is -4.65. The van der Waals surface area contributed by atoms with E-state index in [2.05, 4.69) is 5.32 Å². The summed E-state index contributed by atoms with van der Waals surface area (Å²) in [5.74, 6) is 0.870. The van der Waals surface area contributed by atoms with Gasteiger partial charge in [-0.3, -0.25) is 14.9 Å². The average molecular weight is 469 g/mol. The maximum atomic E-state index is 13.8. The maximum Gasteiger partial charge on any atom is 0.285 e. The van der Waals surface area contributed by atoms with Gasteiger partial charge in [-0.1, -0.05) is 42.5 Å². The van der Waals surface area contributed by atoms with Gasteiger partial charge in [-0.05, 0) is 53.6 Å². The van der Waals surface area contributed by atoms with Gasteiger partial charge in [-0.2, -0.15) is 0 Å². The van der Waals surface area contributed by atoms with Gasteiger partial charge in [0.25, 0.3) is 5.69 Å². The van der Waals surface area contributed by atoms with E-state index < -0.39 is 4.92 Å². The number of benzene rings is 4. The van der Waals surface area contributed by atoms with Gasteiger partial charge in [-0.25, -0.2) is 0 Å². The van der Waals surface area contributed by atoms with Crippen molar-refractivity contribution >= 4 is 17.2 Å². The van der Waals surface area contributed by atoms with Crippen LogP contribution in [0.2, 0.25) is 0 Å². The first-order chi connectivity index (χ1) is 17.0. The summed E-state index contributed by atoms with van der Waals surface area (Å²) in [6.07, 6.45) is 0. The zero-order valence-corrected chi connectivity index (χ0v) is 19.6. The highest BCUT2D eigenvalue weighted by Crippen LogP contribution is 2.45. The smallest absolute Gasteiger partial charge is 0.285 e. The van der Waals surface area contributed by atoms with E-state index in [1.807, 2.05) is 30.3 Å². The molecule has 35 heavy (non-hydrogen) atoms. The van der Waals surface area contributed by atoms with E-state index in [9.17, 15) is 14.9 Å². The molecule has 0 heterocycles. The highest BCUT2D eigenvalue weighted by Gasteiger charge is 2.31. The van der Waals surface area contributed by atoms with E-state index in [4.69, 9.17) is 9.47 Å². The zero-order chi connectivity index (χ0) is 24.9. The molecule has 0 unspecified atom stereocenters. The van der Waals surface area contributed by atoms with Crippen LogP contribution in [0, 0.1) is 10.1 Å². The predicted octanol–water partition coefficient (Wildman–Crippen LogP) is 6.22. The lowest BCUT2D eigenvalue weighted by Crippen LogP contribution is -2.11. The van der Waals surface area contributed by atoms with Crippen molar-refractivity contribution in [3.8, 4) is 33.8 Å². The molecule has 0 saturated heterocycles. The van der Waals surface area contributed by atoms with Crippen molar-refractivity contribution in [1.82, 2.24) is 0 Å². The highest BCUT2D eigenvalue weighted by atomic mass is 16.6.